The first kappa shape index (κ1) is 21.4. The third kappa shape index (κ3) is 3.59. The van der Waals surface area contributed by atoms with Crippen LogP contribution < -0.4 is 0 Å². The minimum Gasteiger partial charge on any atom is -0.481 e. The number of benzene rings is 2. The summed E-state index contributed by atoms with van der Waals surface area (Å²) in [6.45, 7) is 1.46. The molecule has 0 unspecified atom stereocenters. The van der Waals surface area contributed by atoms with Crippen LogP contribution in [-0.4, -0.2) is 39.1 Å². The second kappa shape index (κ2) is 8.55. The summed E-state index contributed by atoms with van der Waals surface area (Å²) in [6, 6.07) is 11.1. The van der Waals surface area contributed by atoms with Crippen LogP contribution in [0.4, 0.5) is 4.39 Å². The van der Waals surface area contributed by atoms with Gasteiger partial charge in [0, 0.05) is 41.3 Å². The number of aliphatic carboxylic acids is 1. The van der Waals surface area contributed by atoms with Gasteiger partial charge in [0.15, 0.2) is 0 Å². The fourth-order valence-electron chi connectivity index (χ4n) is 6.07. The molecule has 3 heterocycles. The number of nitrogens with one attached hydrogen (secondary N) is 1. The van der Waals surface area contributed by atoms with Gasteiger partial charge >= 0.3 is 5.97 Å². The fraction of sp³-hybridized carbons (Fsp3) is 0.407. The summed E-state index contributed by atoms with van der Waals surface area (Å²) in [5.74, 6) is -0.575. The molecule has 1 aliphatic carbocycles. The Labute approximate surface area is 196 Å². The Balaban J connectivity index is 1.60. The zero-order chi connectivity index (χ0) is 23.2. The van der Waals surface area contributed by atoms with Crippen molar-refractivity contribution in [2.24, 2.45) is 5.92 Å². The maximum Gasteiger partial charge on any atom is 0.306 e. The lowest BCUT2D eigenvalue weighted by Gasteiger charge is -2.30. The number of nitrogens with zero attached hydrogens (tertiary/aromatic N) is 2. The monoisotopic (exact) mass is 461 g/mol. The molecule has 2 fully saturated rings. The molecule has 34 heavy (non-hydrogen) atoms. The summed E-state index contributed by atoms with van der Waals surface area (Å²) in [5.41, 5.74) is 5.64. The molecule has 1 saturated heterocycles. The number of carbonyl (C=O) groups is 1. The van der Waals surface area contributed by atoms with Crippen molar-refractivity contribution in [1.29, 1.82) is 0 Å². The fourth-order valence-corrected chi connectivity index (χ4v) is 6.07. The van der Waals surface area contributed by atoms with Gasteiger partial charge in [-0.1, -0.05) is 0 Å². The molecule has 0 radical (unpaired) electrons. The van der Waals surface area contributed by atoms with E-state index in [0.717, 1.165) is 61.0 Å². The number of carboxylic acid groups (broad SMARTS) is 1. The molecule has 6 nitrogen and oxygen atoms in total. The van der Waals surface area contributed by atoms with Crippen LogP contribution in [0.5, 0.6) is 0 Å². The number of aromatic nitrogens is 3. The van der Waals surface area contributed by atoms with E-state index in [-0.39, 0.29) is 17.7 Å². The van der Waals surface area contributed by atoms with E-state index in [9.17, 15) is 14.3 Å². The van der Waals surface area contributed by atoms with E-state index < -0.39 is 5.97 Å². The lowest BCUT2D eigenvalue weighted by atomic mass is 9.76. The first-order valence-electron chi connectivity index (χ1n) is 12.2. The summed E-state index contributed by atoms with van der Waals surface area (Å²) < 4.78 is 21.9. The van der Waals surface area contributed by atoms with Gasteiger partial charge in [0.25, 0.3) is 0 Å². The lowest BCUT2D eigenvalue weighted by molar-refractivity contribution is -0.142. The Bertz CT molecular complexity index is 1340. The van der Waals surface area contributed by atoms with E-state index in [0.29, 0.717) is 18.8 Å². The summed E-state index contributed by atoms with van der Waals surface area (Å²) >= 11 is 0. The molecule has 4 aromatic rings. The molecule has 6 rings (SSSR count). The van der Waals surface area contributed by atoms with Crippen LogP contribution in [0.15, 0.2) is 42.6 Å². The van der Waals surface area contributed by atoms with Crippen molar-refractivity contribution in [3.8, 4) is 5.69 Å². The zero-order valence-corrected chi connectivity index (χ0v) is 19.0. The predicted molar refractivity (Wildman–Crippen MR) is 128 cm³/mol. The van der Waals surface area contributed by atoms with Crippen LogP contribution in [0.1, 0.15) is 61.6 Å². The molecule has 2 aromatic heterocycles. The van der Waals surface area contributed by atoms with Gasteiger partial charge < -0.3 is 14.4 Å². The van der Waals surface area contributed by atoms with E-state index in [4.69, 9.17) is 4.74 Å². The molecule has 1 aliphatic heterocycles. The maximum absolute atomic E-state index is 13.8. The van der Waals surface area contributed by atoms with E-state index >= 15 is 0 Å². The Hall–Kier alpha value is -3.19. The van der Waals surface area contributed by atoms with E-state index in [1.54, 1.807) is 0 Å². The van der Waals surface area contributed by atoms with E-state index in [1.165, 1.54) is 28.8 Å². The number of hydrogen-bond acceptors (Lipinski definition) is 3. The predicted octanol–water partition coefficient (Wildman–Crippen LogP) is 5.90. The molecular weight excluding hydrogens is 433 g/mol. The van der Waals surface area contributed by atoms with Crippen LogP contribution >= 0.6 is 0 Å². The second-order valence-electron chi connectivity index (χ2n) is 9.71. The number of H-pyrrole nitrogens is 1. The Kier molecular flexibility index (Phi) is 5.37. The topological polar surface area (TPSA) is 80.1 Å². The summed E-state index contributed by atoms with van der Waals surface area (Å²) in [6.07, 6.45) is 6.82. The van der Waals surface area contributed by atoms with E-state index in [2.05, 4.69) is 26.9 Å². The molecule has 7 heteroatoms. The normalized spacial score (nSPS) is 21.9. The van der Waals surface area contributed by atoms with Crippen LogP contribution in [0, 0.1) is 11.7 Å². The zero-order valence-electron chi connectivity index (χ0n) is 19.0. The standard InChI is InChI=1S/C27H28FN3O3/c28-20-5-7-21(8-6-20)31-24-13-19-15-29-30-23(19)14-22(24)25(26(31)17-9-11-34-12-10-17)16-1-3-18(4-2-16)27(32)33/h5-8,13-18H,1-4,9-12H2,(H,29,30)(H,32,33). The quantitative estimate of drug-likeness (QED) is 0.397. The van der Waals surface area contributed by atoms with Crippen LogP contribution in [0.3, 0.4) is 0 Å². The minimum atomic E-state index is -0.684. The number of carboxylic acids is 1. The number of fused-ring (bicyclic) bond motifs is 2. The highest BCUT2D eigenvalue weighted by atomic mass is 19.1. The molecule has 0 atom stereocenters. The van der Waals surface area contributed by atoms with Crippen molar-refractivity contribution < 1.29 is 19.0 Å². The highest BCUT2D eigenvalue weighted by Gasteiger charge is 2.34. The maximum atomic E-state index is 13.8. The molecule has 0 spiro atoms. The van der Waals surface area contributed by atoms with Gasteiger partial charge in [-0.3, -0.25) is 9.89 Å². The summed E-state index contributed by atoms with van der Waals surface area (Å²) in [7, 11) is 0. The highest BCUT2D eigenvalue weighted by Crippen LogP contribution is 2.47. The molecule has 2 aromatic carbocycles. The molecule has 0 bridgehead atoms. The van der Waals surface area contributed by atoms with Crippen LogP contribution in [0.2, 0.25) is 0 Å². The number of aromatic amines is 1. The number of hydrogen-bond donors (Lipinski definition) is 2. The summed E-state index contributed by atoms with van der Waals surface area (Å²) in [4.78, 5) is 11.6. The lowest BCUT2D eigenvalue weighted by Crippen LogP contribution is -2.23. The Morgan fingerprint density at radius 3 is 2.47 bits per heavy atom. The average Bonchev–Trinajstić information content (AvgIpc) is 3.45. The number of halogens is 1. The molecule has 2 aliphatic rings. The summed E-state index contributed by atoms with van der Waals surface area (Å²) in [5, 5.41) is 19.1. The van der Waals surface area contributed by atoms with Crippen molar-refractivity contribution in [2.45, 2.75) is 50.4 Å². The number of rotatable bonds is 4. The van der Waals surface area contributed by atoms with Crippen molar-refractivity contribution >= 4 is 27.8 Å². The smallest absolute Gasteiger partial charge is 0.306 e. The van der Waals surface area contributed by atoms with Gasteiger partial charge in [0.1, 0.15) is 5.82 Å². The van der Waals surface area contributed by atoms with Crippen molar-refractivity contribution in [2.75, 3.05) is 13.2 Å². The van der Waals surface area contributed by atoms with Crippen LogP contribution in [-0.2, 0) is 9.53 Å². The molecule has 176 valence electrons. The van der Waals surface area contributed by atoms with Gasteiger partial charge in [0.2, 0.25) is 0 Å². The largest absolute Gasteiger partial charge is 0.481 e. The van der Waals surface area contributed by atoms with Crippen molar-refractivity contribution in [1.82, 2.24) is 14.8 Å². The van der Waals surface area contributed by atoms with E-state index in [1.807, 2.05) is 18.3 Å². The third-order valence-corrected chi connectivity index (χ3v) is 7.78. The van der Waals surface area contributed by atoms with Crippen molar-refractivity contribution in [3.63, 3.8) is 0 Å². The van der Waals surface area contributed by atoms with Gasteiger partial charge in [-0.05, 0) is 86.4 Å². The molecule has 0 amide bonds. The van der Waals surface area contributed by atoms with Gasteiger partial charge in [-0.25, -0.2) is 4.39 Å². The molecule has 1 saturated carbocycles. The average molecular weight is 462 g/mol. The minimum absolute atomic E-state index is 0.253. The Morgan fingerprint density at radius 1 is 1.03 bits per heavy atom. The number of ether oxygens (including phenoxy) is 1. The Morgan fingerprint density at radius 2 is 1.76 bits per heavy atom. The first-order chi connectivity index (χ1) is 16.6. The highest BCUT2D eigenvalue weighted by molar-refractivity contribution is 5.99. The SMILES string of the molecule is O=C(O)C1CCC(c2c(C3CCOCC3)n(-c3ccc(F)cc3)c3cc4cn[nH]c4cc23)CC1. The van der Waals surface area contributed by atoms with Crippen LogP contribution in [0.25, 0.3) is 27.5 Å². The molecule has 2 N–H and O–H groups in total. The van der Waals surface area contributed by atoms with Crippen molar-refractivity contribution in [3.05, 3.63) is 59.7 Å². The third-order valence-electron chi connectivity index (χ3n) is 7.78. The van der Waals surface area contributed by atoms with Gasteiger partial charge in [-0.2, -0.15) is 5.10 Å². The first-order valence-corrected chi connectivity index (χ1v) is 12.2. The second-order valence-corrected chi connectivity index (χ2v) is 9.71. The molecular formula is C27H28FN3O3. The van der Waals surface area contributed by atoms with Gasteiger partial charge in [-0.15, -0.1) is 0 Å². The van der Waals surface area contributed by atoms with Gasteiger partial charge in [0.05, 0.1) is 23.1 Å².